The van der Waals surface area contributed by atoms with Gasteiger partial charge < -0.3 is 93.7 Å². The normalized spacial score (nSPS) is 33.6. The van der Waals surface area contributed by atoms with E-state index in [1.165, 1.54) is 68.5 Å². The van der Waals surface area contributed by atoms with Gasteiger partial charge in [0.25, 0.3) is 0 Å². The zero-order valence-corrected chi connectivity index (χ0v) is 33.3. The number of carbonyl (C=O) groups excluding carboxylic acids is 1. The van der Waals surface area contributed by atoms with Crippen molar-refractivity contribution < 1.29 is 98.5 Å². The van der Waals surface area contributed by atoms with E-state index in [4.69, 9.17) is 37.6 Å². The van der Waals surface area contributed by atoms with Gasteiger partial charge in [-0.2, -0.15) is 0 Å². The number of aromatic hydroxyl groups is 3. The molecule has 7 rings (SSSR count). The highest BCUT2D eigenvalue weighted by atomic mass is 16.8. The Labute approximate surface area is 356 Å². The number of phenols is 3. The number of aliphatic hydroxyl groups excluding tert-OH is 8. The third-order valence-electron chi connectivity index (χ3n) is 10.8. The highest BCUT2D eigenvalue weighted by Gasteiger charge is 2.52. The number of esters is 1. The number of rotatable bonds is 11. The van der Waals surface area contributed by atoms with Gasteiger partial charge in [-0.15, -0.1) is 0 Å². The number of fused-ring (bicyclic) bond motifs is 1. The van der Waals surface area contributed by atoms with E-state index >= 15 is 0 Å². The number of aliphatic hydroxyl groups is 8. The second-order valence-electron chi connectivity index (χ2n) is 15.2. The molecule has 9 unspecified atom stereocenters. The molecule has 3 saturated heterocycles. The van der Waals surface area contributed by atoms with Crippen molar-refractivity contribution in [2.45, 2.75) is 106 Å². The molecule has 21 nitrogen and oxygen atoms in total. The Morgan fingerprint density at radius 2 is 1.25 bits per heavy atom. The molecule has 3 aliphatic rings. The maximum Gasteiger partial charge on any atom is 0.330 e. The van der Waals surface area contributed by atoms with Crippen LogP contribution in [-0.4, -0.2) is 161 Å². The summed E-state index contributed by atoms with van der Waals surface area (Å²) in [6, 6.07) is 13.1. The Kier molecular flexibility index (Phi) is 13.6. The maximum atomic E-state index is 14.5. The molecule has 3 aliphatic heterocycles. The molecule has 0 spiro atoms. The minimum Gasteiger partial charge on any atom is -0.508 e. The third-order valence-corrected chi connectivity index (χ3v) is 10.8. The molecule has 3 fully saturated rings. The summed E-state index contributed by atoms with van der Waals surface area (Å²) >= 11 is 0. The van der Waals surface area contributed by atoms with Gasteiger partial charge in [0.1, 0.15) is 95.5 Å². The van der Waals surface area contributed by atoms with Crippen LogP contribution in [0.5, 0.6) is 28.7 Å². The van der Waals surface area contributed by atoms with E-state index in [9.17, 15) is 65.8 Å². The number of ether oxygens (including phenoxy) is 7. The van der Waals surface area contributed by atoms with Crippen LogP contribution in [-0.2, 0) is 28.5 Å². The second-order valence-corrected chi connectivity index (χ2v) is 15.2. The second kappa shape index (κ2) is 18.8. The molecule has 15 atom stereocenters. The largest absolute Gasteiger partial charge is 0.508 e. The maximum absolute atomic E-state index is 14.5. The highest BCUT2D eigenvalue weighted by Crippen LogP contribution is 2.39. The summed E-state index contributed by atoms with van der Waals surface area (Å²) in [7, 11) is 0. The SMILES string of the molecule is CC1O[C@@H](Oc2cc(O)c3c(=O)c(O[C@@H]4OC(COC(=O)/C=C/c5ccc(O)cc5)[C@@H](O)C(O)C4O[C@@H]4OC(C)[C@H](O)C(O)C4O)c(-c4ccc(O)cc4)oc3c2)C(O)C(O)[C@H]1O. The molecule has 0 amide bonds. The third kappa shape index (κ3) is 9.60. The minimum absolute atomic E-state index is 0.00230. The van der Waals surface area contributed by atoms with Crippen LogP contribution in [0.2, 0.25) is 0 Å². The van der Waals surface area contributed by atoms with E-state index in [1.807, 2.05) is 0 Å². The van der Waals surface area contributed by atoms with E-state index in [2.05, 4.69) is 0 Å². The van der Waals surface area contributed by atoms with Crippen LogP contribution in [0.4, 0.5) is 0 Å². The fraction of sp³-hybridized carbons (Fsp3) is 0.429. The summed E-state index contributed by atoms with van der Waals surface area (Å²) in [4.78, 5) is 27.2. The zero-order chi connectivity index (χ0) is 45.4. The monoisotopic (exact) mass is 886 g/mol. The van der Waals surface area contributed by atoms with Gasteiger partial charge in [0, 0.05) is 23.8 Å². The Hall–Kier alpha value is -5.40. The Balaban J connectivity index is 1.25. The first-order valence-corrected chi connectivity index (χ1v) is 19.6. The highest BCUT2D eigenvalue weighted by molar-refractivity contribution is 5.88. The Bertz CT molecular complexity index is 2320. The fourth-order valence-electron chi connectivity index (χ4n) is 7.12. The van der Waals surface area contributed by atoms with Crippen molar-refractivity contribution >= 4 is 23.0 Å². The average Bonchev–Trinajstić information content (AvgIpc) is 3.25. The van der Waals surface area contributed by atoms with Gasteiger partial charge >= 0.3 is 5.97 Å². The first kappa shape index (κ1) is 45.6. The first-order valence-electron chi connectivity index (χ1n) is 19.6. The molecule has 11 N–H and O–H groups in total. The summed E-state index contributed by atoms with van der Waals surface area (Å²) in [5.74, 6) is -3.17. The molecule has 21 heteroatoms. The van der Waals surface area contributed by atoms with Crippen molar-refractivity contribution in [1.29, 1.82) is 0 Å². The molecule has 0 aliphatic carbocycles. The molecule has 0 bridgehead atoms. The molecule has 340 valence electrons. The quantitative estimate of drug-likeness (QED) is 0.0641. The van der Waals surface area contributed by atoms with Crippen molar-refractivity contribution in [1.82, 2.24) is 0 Å². The Morgan fingerprint density at radius 3 is 1.89 bits per heavy atom. The summed E-state index contributed by atoms with van der Waals surface area (Å²) in [6.07, 6.45) is -22.6. The topological polar surface area (TPSA) is 334 Å². The number of phenolic OH excluding ortho intramolecular Hbond substituents is 3. The van der Waals surface area contributed by atoms with Crippen LogP contribution >= 0.6 is 0 Å². The van der Waals surface area contributed by atoms with Crippen LogP contribution in [0.15, 0.2) is 76.0 Å². The van der Waals surface area contributed by atoms with Gasteiger partial charge in [-0.1, -0.05) is 12.1 Å². The van der Waals surface area contributed by atoms with Crippen LogP contribution in [0.3, 0.4) is 0 Å². The standard InChI is InChI=1S/C42H46O21/c1-16-28(47)32(51)35(54)40(57-16)59-22-13-23(45)27-24(14-22)60-37(19-6-10-21(44)11-7-19)38(31(27)50)62-42-39(63-41-36(55)33(52)29(48)17(2)58-41)34(53)30(49)25(61-42)15-56-26(46)12-5-18-3-8-20(43)9-4-18/h3-14,16-17,25,28-30,32-36,39-45,47-49,51-55H,15H2,1-2H3/b12-5+/t16?,17?,25?,28-,29-,30+,32?,33?,34?,35?,36?,39?,40-,41-,42-/m0/s1. The summed E-state index contributed by atoms with van der Waals surface area (Å²) in [6.45, 7) is 2.07. The van der Waals surface area contributed by atoms with Gasteiger partial charge in [0.2, 0.25) is 23.8 Å². The Morgan fingerprint density at radius 1 is 0.667 bits per heavy atom. The fourth-order valence-corrected chi connectivity index (χ4v) is 7.12. The molecule has 0 radical (unpaired) electrons. The lowest BCUT2D eigenvalue weighted by Crippen LogP contribution is -2.64. The summed E-state index contributed by atoms with van der Waals surface area (Å²) < 4.78 is 46.2. The number of hydrogen-bond acceptors (Lipinski definition) is 21. The van der Waals surface area contributed by atoms with Crippen molar-refractivity contribution in [3.05, 3.63) is 82.5 Å². The van der Waals surface area contributed by atoms with Crippen molar-refractivity contribution in [2.75, 3.05) is 6.61 Å². The summed E-state index contributed by atoms with van der Waals surface area (Å²) in [5.41, 5.74) is -0.790. The van der Waals surface area contributed by atoms with Crippen molar-refractivity contribution in [2.24, 2.45) is 0 Å². The van der Waals surface area contributed by atoms with Crippen LogP contribution in [0.25, 0.3) is 28.4 Å². The minimum atomic E-state index is -2.03. The molecule has 0 saturated carbocycles. The van der Waals surface area contributed by atoms with Crippen molar-refractivity contribution in [3.8, 4) is 40.1 Å². The van der Waals surface area contributed by atoms with Gasteiger partial charge in [0.05, 0.1) is 12.2 Å². The van der Waals surface area contributed by atoms with Crippen LogP contribution in [0.1, 0.15) is 19.4 Å². The molecule has 3 aromatic carbocycles. The van der Waals surface area contributed by atoms with E-state index in [-0.39, 0.29) is 34.2 Å². The van der Waals surface area contributed by atoms with E-state index in [1.54, 1.807) is 0 Å². The molecular formula is C42H46O21. The zero-order valence-electron chi connectivity index (χ0n) is 33.3. The average molecular weight is 887 g/mol. The van der Waals surface area contributed by atoms with E-state index in [0.29, 0.717) is 5.56 Å². The van der Waals surface area contributed by atoms with Crippen LogP contribution in [0, 0.1) is 0 Å². The van der Waals surface area contributed by atoms with Crippen molar-refractivity contribution in [3.63, 3.8) is 0 Å². The number of carbonyl (C=O) groups is 1. The van der Waals surface area contributed by atoms with Gasteiger partial charge in [-0.3, -0.25) is 4.79 Å². The number of benzene rings is 3. The van der Waals surface area contributed by atoms with Crippen LogP contribution < -0.4 is 14.9 Å². The first-order chi connectivity index (χ1) is 29.9. The lowest BCUT2D eigenvalue weighted by atomic mass is 9.97. The van der Waals surface area contributed by atoms with Gasteiger partial charge in [0.15, 0.2) is 18.2 Å². The smallest absolute Gasteiger partial charge is 0.330 e. The molecule has 63 heavy (non-hydrogen) atoms. The predicted octanol–water partition coefficient (Wildman–Crippen LogP) is -0.922. The molecule has 4 aromatic rings. The molecule has 1 aromatic heterocycles. The van der Waals surface area contributed by atoms with Gasteiger partial charge in [-0.05, 0) is 61.9 Å². The molecular weight excluding hydrogens is 840 g/mol. The van der Waals surface area contributed by atoms with E-state index < -0.39 is 127 Å². The van der Waals surface area contributed by atoms with E-state index in [0.717, 1.165) is 18.2 Å². The lowest BCUT2D eigenvalue weighted by molar-refractivity contribution is -0.354. The van der Waals surface area contributed by atoms with Gasteiger partial charge in [-0.25, -0.2) is 4.79 Å². The predicted molar refractivity (Wildman–Crippen MR) is 211 cm³/mol. The summed E-state index contributed by atoms with van der Waals surface area (Å²) in [5, 5.41) is 116. The lowest BCUT2D eigenvalue weighted by Gasteiger charge is -2.45. The number of hydrogen-bond donors (Lipinski definition) is 11. The molecule has 4 heterocycles.